The first-order chi connectivity index (χ1) is 17.0. The van der Waals surface area contributed by atoms with Crippen LogP contribution in [0.2, 0.25) is 0 Å². The summed E-state index contributed by atoms with van der Waals surface area (Å²) in [4.78, 5) is 16.1. The molecule has 7 heteroatoms. The number of hydrogen-bond acceptors (Lipinski definition) is 7. The van der Waals surface area contributed by atoms with Crippen molar-refractivity contribution in [1.82, 2.24) is 4.90 Å². The second kappa shape index (κ2) is 9.98. The molecule has 1 fully saturated rings. The molecule has 2 N–H and O–H groups in total. The smallest absolute Gasteiger partial charge is 0.206 e. The standard InChI is InChI=1S/C28H27NO5S/c1-2-18-16-29(17-18)13-14-33-22-8-10-23(11-9-22)34-27-24-12-7-21(31)15-25(24)35-28(27)26(32)19-3-5-20(30)6-4-19/h3-12,15,18,30-31H,2,13-14,16-17H2,1H3. The van der Waals surface area contributed by atoms with Crippen LogP contribution < -0.4 is 9.47 Å². The predicted octanol–water partition coefficient (Wildman–Crippen LogP) is 6.06. The fraction of sp³-hybridized carbons (Fsp3) is 0.250. The summed E-state index contributed by atoms with van der Waals surface area (Å²) in [7, 11) is 0. The number of fused-ring (bicyclic) bond motifs is 1. The van der Waals surface area contributed by atoms with Gasteiger partial charge < -0.3 is 19.7 Å². The van der Waals surface area contributed by atoms with E-state index >= 15 is 0 Å². The number of benzene rings is 3. The molecule has 0 spiro atoms. The van der Waals surface area contributed by atoms with Crippen LogP contribution in [0, 0.1) is 5.92 Å². The number of likely N-dealkylation sites (tertiary alicyclic amines) is 1. The Morgan fingerprint density at radius 2 is 1.66 bits per heavy atom. The Morgan fingerprint density at radius 3 is 2.37 bits per heavy atom. The largest absolute Gasteiger partial charge is 0.508 e. The highest BCUT2D eigenvalue weighted by Gasteiger charge is 2.24. The Hall–Kier alpha value is -3.55. The number of phenolic OH excluding ortho intramolecular Hbond substituents is 2. The van der Waals surface area contributed by atoms with Crippen LogP contribution in [-0.2, 0) is 0 Å². The lowest BCUT2D eigenvalue weighted by Crippen LogP contribution is -2.47. The van der Waals surface area contributed by atoms with Crippen LogP contribution in [0.1, 0.15) is 28.6 Å². The molecule has 0 bridgehead atoms. The first-order valence-electron chi connectivity index (χ1n) is 11.7. The average Bonchev–Trinajstić information content (AvgIpc) is 3.18. The molecular formula is C28H27NO5S. The quantitative estimate of drug-likeness (QED) is 0.278. The van der Waals surface area contributed by atoms with Crippen LogP contribution in [0.5, 0.6) is 28.7 Å². The lowest BCUT2D eigenvalue weighted by atomic mass is 9.98. The summed E-state index contributed by atoms with van der Waals surface area (Å²) in [5, 5.41) is 20.2. The maximum absolute atomic E-state index is 13.3. The molecular weight excluding hydrogens is 462 g/mol. The zero-order valence-corrected chi connectivity index (χ0v) is 20.3. The normalized spacial score (nSPS) is 14.1. The number of ether oxygens (including phenoxy) is 2. The minimum absolute atomic E-state index is 0.0941. The molecule has 4 aromatic rings. The zero-order valence-electron chi connectivity index (χ0n) is 19.4. The molecule has 5 rings (SSSR count). The van der Waals surface area contributed by atoms with E-state index in [0.29, 0.717) is 28.5 Å². The van der Waals surface area contributed by atoms with E-state index in [1.54, 1.807) is 30.3 Å². The SMILES string of the molecule is CCC1CN(CCOc2ccc(Oc3c(C(=O)c4ccc(O)cc4)sc4cc(O)ccc34)cc2)C1. The van der Waals surface area contributed by atoms with Gasteiger partial charge in [0.05, 0.1) is 0 Å². The van der Waals surface area contributed by atoms with Gasteiger partial charge in [0, 0.05) is 35.3 Å². The Labute approximate surface area is 208 Å². The second-order valence-corrected chi connectivity index (χ2v) is 9.82. The van der Waals surface area contributed by atoms with Crippen LogP contribution >= 0.6 is 11.3 Å². The van der Waals surface area contributed by atoms with E-state index in [1.165, 1.54) is 29.9 Å². The summed E-state index contributed by atoms with van der Waals surface area (Å²) in [6.45, 7) is 6.11. The molecule has 0 unspecified atom stereocenters. The summed E-state index contributed by atoms with van der Waals surface area (Å²) in [5.74, 6) is 2.63. The van der Waals surface area contributed by atoms with Crippen molar-refractivity contribution in [2.24, 2.45) is 5.92 Å². The molecule has 1 saturated heterocycles. The van der Waals surface area contributed by atoms with Crippen LogP contribution in [0.25, 0.3) is 10.1 Å². The van der Waals surface area contributed by atoms with Crippen molar-refractivity contribution >= 4 is 27.2 Å². The third-order valence-electron chi connectivity index (χ3n) is 6.29. The van der Waals surface area contributed by atoms with Gasteiger partial charge in [0.25, 0.3) is 0 Å². The number of phenols is 2. The van der Waals surface area contributed by atoms with Crippen molar-refractivity contribution in [3.63, 3.8) is 0 Å². The maximum Gasteiger partial charge on any atom is 0.206 e. The van der Waals surface area contributed by atoms with Gasteiger partial charge in [-0.05, 0) is 72.6 Å². The molecule has 1 aliphatic rings. The van der Waals surface area contributed by atoms with E-state index in [1.807, 2.05) is 24.3 Å². The van der Waals surface area contributed by atoms with Crippen molar-refractivity contribution in [1.29, 1.82) is 0 Å². The topological polar surface area (TPSA) is 79.2 Å². The summed E-state index contributed by atoms with van der Waals surface area (Å²) < 4.78 is 12.8. The number of ketones is 1. The van der Waals surface area contributed by atoms with E-state index in [4.69, 9.17) is 9.47 Å². The van der Waals surface area contributed by atoms with E-state index in [9.17, 15) is 15.0 Å². The molecule has 2 heterocycles. The molecule has 0 atom stereocenters. The lowest BCUT2D eigenvalue weighted by molar-refractivity contribution is 0.0806. The van der Waals surface area contributed by atoms with Crippen molar-refractivity contribution in [3.05, 3.63) is 77.2 Å². The molecule has 6 nitrogen and oxygen atoms in total. The molecule has 1 aromatic heterocycles. The van der Waals surface area contributed by atoms with E-state index in [0.717, 1.165) is 41.4 Å². The van der Waals surface area contributed by atoms with Crippen LogP contribution in [0.15, 0.2) is 66.7 Å². The van der Waals surface area contributed by atoms with Crippen molar-refractivity contribution in [3.8, 4) is 28.7 Å². The van der Waals surface area contributed by atoms with Gasteiger partial charge in [0.1, 0.15) is 34.5 Å². The number of nitrogens with zero attached hydrogens (tertiary/aromatic N) is 1. The molecule has 3 aromatic carbocycles. The molecule has 0 aliphatic carbocycles. The van der Waals surface area contributed by atoms with Gasteiger partial charge in [0.15, 0.2) is 5.75 Å². The minimum atomic E-state index is -0.211. The highest BCUT2D eigenvalue weighted by molar-refractivity contribution is 7.21. The summed E-state index contributed by atoms with van der Waals surface area (Å²) in [6.07, 6.45) is 1.24. The van der Waals surface area contributed by atoms with Gasteiger partial charge in [-0.25, -0.2) is 0 Å². The Bertz CT molecular complexity index is 1320. The Balaban J connectivity index is 1.33. The van der Waals surface area contributed by atoms with Gasteiger partial charge in [0.2, 0.25) is 5.78 Å². The fourth-order valence-corrected chi connectivity index (χ4v) is 5.31. The number of carbonyl (C=O) groups is 1. The predicted molar refractivity (Wildman–Crippen MR) is 137 cm³/mol. The van der Waals surface area contributed by atoms with E-state index < -0.39 is 0 Å². The first-order valence-corrected chi connectivity index (χ1v) is 12.5. The number of aromatic hydroxyl groups is 2. The molecule has 180 valence electrons. The maximum atomic E-state index is 13.3. The molecule has 0 radical (unpaired) electrons. The molecule has 1 aliphatic heterocycles. The van der Waals surface area contributed by atoms with Crippen molar-refractivity contribution < 1.29 is 24.5 Å². The third-order valence-corrected chi connectivity index (χ3v) is 7.43. The Kier molecular flexibility index (Phi) is 6.61. The van der Waals surface area contributed by atoms with E-state index in [2.05, 4.69) is 11.8 Å². The van der Waals surface area contributed by atoms with E-state index in [-0.39, 0.29) is 17.3 Å². The van der Waals surface area contributed by atoms with Crippen LogP contribution in [-0.4, -0.2) is 47.1 Å². The number of rotatable bonds is 9. The van der Waals surface area contributed by atoms with Gasteiger partial charge in [-0.15, -0.1) is 11.3 Å². The second-order valence-electron chi connectivity index (χ2n) is 8.77. The first kappa shape index (κ1) is 23.2. The summed E-state index contributed by atoms with van der Waals surface area (Å²) >= 11 is 1.26. The third kappa shape index (κ3) is 5.11. The fourth-order valence-electron chi connectivity index (χ4n) is 4.19. The summed E-state index contributed by atoms with van der Waals surface area (Å²) in [6, 6.07) is 18.5. The lowest BCUT2D eigenvalue weighted by Gasteiger charge is -2.38. The van der Waals surface area contributed by atoms with Crippen molar-refractivity contribution in [2.45, 2.75) is 13.3 Å². The van der Waals surface area contributed by atoms with Gasteiger partial charge in [-0.1, -0.05) is 13.3 Å². The molecule has 0 amide bonds. The number of carbonyl (C=O) groups excluding carboxylic acids is 1. The van der Waals surface area contributed by atoms with Gasteiger partial charge in [-0.3, -0.25) is 9.69 Å². The zero-order chi connectivity index (χ0) is 24.4. The number of thiophene rings is 1. The van der Waals surface area contributed by atoms with Crippen LogP contribution in [0.3, 0.4) is 0 Å². The van der Waals surface area contributed by atoms with Crippen LogP contribution in [0.4, 0.5) is 0 Å². The molecule has 0 saturated carbocycles. The Morgan fingerprint density at radius 1 is 0.971 bits per heavy atom. The monoisotopic (exact) mass is 489 g/mol. The minimum Gasteiger partial charge on any atom is -0.508 e. The number of hydrogen-bond donors (Lipinski definition) is 2. The van der Waals surface area contributed by atoms with Gasteiger partial charge in [-0.2, -0.15) is 0 Å². The highest BCUT2D eigenvalue weighted by atomic mass is 32.1. The molecule has 35 heavy (non-hydrogen) atoms. The van der Waals surface area contributed by atoms with Gasteiger partial charge >= 0.3 is 0 Å². The van der Waals surface area contributed by atoms with Crippen molar-refractivity contribution in [2.75, 3.05) is 26.2 Å². The highest BCUT2D eigenvalue weighted by Crippen LogP contribution is 2.43. The summed E-state index contributed by atoms with van der Waals surface area (Å²) in [5.41, 5.74) is 0.444. The average molecular weight is 490 g/mol.